The molecule has 4 aromatic rings. The number of hydrogen-bond donors (Lipinski definition) is 1. The number of hydrogen-bond acceptors (Lipinski definition) is 7. The van der Waals surface area contributed by atoms with Gasteiger partial charge in [-0.2, -0.15) is 9.97 Å². The normalized spacial score (nSPS) is 26.9. The number of alkyl halides is 3. The van der Waals surface area contributed by atoms with Crippen LogP contribution in [-0.4, -0.2) is 93.3 Å². The number of benzene rings is 3. The number of fused-ring (bicyclic) bond motifs is 5. The third kappa shape index (κ3) is 5.24. The number of aromatic nitrogens is 2. The first kappa shape index (κ1) is 33.2. The second-order valence-electron chi connectivity index (χ2n) is 15.2. The van der Waals surface area contributed by atoms with Gasteiger partial charge in [-0.1, -0.05) is 18.1 Å². The van der Waals surface area contributed by atoms with Gasteiger partial charge in [-0.15, -0.1) is 6.42 Å². The van der Waals surface area contributed by atoms with Crippen molar-refractivity contribution in [3.05, 3.63) is 53.6 Å². The number of amides is 1. The number of piperazine rings is 1. The van der Waals surface area contributed by atoms with E-state index in [1.54, 1.807) is 11.0 Å². The largest absolute Gasteiger partial charge is 0.508 e. The van der Waals surface area contributed by atoms with Crippen LogP contribution in [0.5, 0.6) is 11.8 Å². The molecular weight excluding hydrogens is 681 g/mol. The lowest BCUT2D eigenvalue weighted by molar-refractivity contribution is -0.162. The number of phenols is 1. The van der Waals surface area contributed by atoms with Gasteiger partial charge in [0.25, 0.3) is 0 Å². The minimum Gasteiger partial charge on any atom is -0.508 e. The molecule has 0 radical (unpaired) electrons. The third-order valence-corrected chi connectivity index (χ3v) is 12.0. The number of rotatable bonds is 6. The Morgan fingerprint density at radius 2 is 1.79 bits per heavy atom. The number of anilines is 1. The highest BCUT2D eigenvalue weighted by atomic mass is 19.3. The van der Waals surface area contributed by atoms with Crippen LogP contribution in [0.4, 0.5) is 27.8 Å². The van der Waals surface area contributed by atoms with E-state index in [2.05, 4.69) is 15.8 Å². The molecule has 8 nitrogen and oxygen atoms in total. The topological polar surface area (TPSA) is 82.0 Å². The monoisotopic (exact) mass is 717 g/mol. The molecule has 5 fully saturated rings. The molecule has 1 saturated carbocycles. The zero-order chi connectivity index (χ0) is 36.1. The van der Waals surface area contributed by atoms with E-state index < -0.39 is 48.0 Å². The van der Waals surface area contributed by atoms with E-state index in [4.69, 9.17) is 16.1 Å². The van der Waals surface area contributed by atoms with Crippen LogP contribution in [-0.2, 0) is 4.79 Å². The number of ether oxygens (including phenoxy) is 1. The van der Waals surface area contributed by atoms with E-state index in [1.165, 1.54) is 30.3 Å². The summed E-state index contributed by atoms with van der Waals surface area (Å²) >= 11 is 0. The summed E-state index contributed by atoms with van der Waals surface area (Å²) in [5, 5.41) is 11.7. The fourth-order valence-electron chi connectivity index (χ4n) is 9.55. The van der Waals surface area contributed by atoms with Crippen molar-refractivity contribution in [3.8, 4) is 35.2 Å². The van der Waals surface area contributed by atoms with Crippen molar-refractivity contribution < 1.29 is 36.6 Å². The Labute approximate surface area is 296 Å². The summed E-state index contributed by atoms with van der Waals surface area (Å²) in [7, 11) is 0. The zero-order valence-electron chi connectivity index (χ0n) is 28.2. The van der Waals surface area contributed by atoms with Crippen LogP contribution in [0.2, 0.25) is 0 Å². The van der Waals surface area contributed by atoms with E-state index in [0.29, 0.717) is 55.5 Å². The molecule has 1 amide bonds. The van der Waals surface area contributed by atoms with Crippen molar-refractivity contribution in [2.75, 3.05) is 37.7 Å². The highest BCUT2D eigenvalue weighted by molar-refractivity contribution is 6.04. The smallest absolute Gasteiger partial charge is 0.319 e. The predicted molar refractivity (Wildman–Crippen MR) is 184 cm³/mol. The van der Waals surface area contributed by atoms with Crippen LogP contribution < -0.4 is 9.64 Å². The Morgan fingerprint density at radius 3 is 2.52 bits per heavy atom. The molecular formula is C39H36F5N5O3. The average molecular weight is 718 g/mol. The van der Waals surface area contributed by atoms with Gasteiger partial charge in [0, 0.05) is 73.2 Å². The van der Waals surface area contributed by atoms with Gasteiger partial charge in [-0.3, -0.25) is 9.69 Å². The average Bonchev–Trinajstić information content (AvgIpc) is 3.72. The van der Waals surface area contributed by atoms with Gasteiger partial charge in [0.1, 0.15) is 35.7 Å². The van der Waals surface area contributed by atoms with Crippen molar-refractivity contribution in [2.45, 2.75) is 74.7 Å². The highest BCUT2D eigenvalue weighted by Gasteiger charge is 2.54. The number of carbonyl (C=O) groups is 1. The fraction of sp³-hybridized carbons (Fsp3) is 0.462. The number of halogens is 5. The molecule has 1 aromatic heterocycles. The Balaban J connectivity index is 1.13. The molecule has 52 heavy (non-hydrogen) atoms. The van der Waals surface area contributed by atoms with Crippen LogP contribution in [0.25, 0.3) is 32.8 Å². The van der Waals surface area contributed by atoms with Gasteiger partial charge in [-0.25, -0.2) is 22.0 Å². The minimum atomic E-state index is -2.81. The second-order valence-corrected chi connectivity index (χ2v) is 15.2. The maximum Gasteiger partial charge on any atom is 0.319 e. The Morgan fingerprint density at radius 1 is 1.02 bits per heavy atom. The Hall–Kier alpha value is -4.70. The second kappa shape index (κ2) is 11.9. The number of terminal acetylenes is 1. The lowest BCUT2D eigenvalue weighted by Gasteiger charge is -2.45. The van der Waals surface area contributed by atoms with Crippen LogP contribution in [0, 0.1) is 29.9 Å². The van der Waals surface area contributed by atoms with Crippen LogP contribution >= 0.6 is 0 Å². The molecule has 1 aliphatic carbocycles. The lowest BCUT2D eigenvalue weighted by Crippen LogP contribution is -2.59. The minimum absolute atomic E-state index is 0.0236. The van der Waals surface area contributed by atoms with E-state index in [-0.39, 0.29) is 64.0 Å². The lowest BCUT2D eigenvalue weighted by atomic mass is 9.80. The van der Waals surface area contributed by atoms with Crippen molar-refractivity contribution in [1.29, 1.82) is 0 Å². The van der Waals surface area contributed by atoms with Crippen LogP contribution in [0.15, 0.2) is 36.4 Å². The maximum atomic E-state index is 17.1. The molecule has 5 heterocycles. The molecule has 4 saturated heterocycles. The number of aromatic hydroxyl groups is 1. The summed E-state index contributed by atoms with van der Waals surface area (Å²) in [5.74, 6) is -2.58. The van der Waals surface area contributed by atoms with Gasteiger partial charge in [-0.05, 0) is 67.4 Å². The van der Waals surface area contributed by atoms with E-state index in [9.17, 15) is 27.5 Å². The molecule has 13 heteroatoms. The quantitative estimate of drug-likeness (QED) is 0.178. The third-order valence-electron chi connectivity index (χ3n) is 12.0. The molecule has 4 atom stereocenters. The van der Waals surface area contributed by atoms with Gasteiger partial charge < -0.3 is 19.6 Å². The number of phenolic OH excluding ortho intramolecular Hbond substituents is 1. The van der Waals surface area contributed by atoms with E-state index in [1.807, 2.05) is 4.90 Å². The van der Waals surface area contributed by atoms with Gasteiger partial charge in [0.2, 0.25) is 11.8 Å². The molecule has 5 aliphatic rings. The summed E-state index contributed by atoms with van der Waals surface area (Å²) in [5.41, 5.74) is -0.466. The summed E-state index contributed by atoms with van der Waals surface area (Å²) < 4.78 is 80.2. The molecule has 1 N–H and O–H groups in total. The summed E-state index contributed by atoms with van der Waals surface area (Å²) in [4.78, 5) is 28.6. The maximum absolute atomic E-state index is 17.1. The van der Waals surface area contributed by atoms with Gasteiger partial charge in [0.05, 0.1) is 11.1 Å². The molecule has 0 spiro atoms. The number of carbonyl (C=O) groups excluding carboxylic acids is 1. The fourth-order valence-corrected chi connectivity index (χ4v) is 9.55. The van der Waals surface area contributed by atoms with Gasteiger partial charge in [0.15, 0.2) is 5.82 Å². The van der Waals surface area contributed by atoms with Crippen LogP contribution in [0.3, 0.4) is 0 Å². The molecule has 9 rings (SSSR count). The van der Waals surface area contributed by atoms with E-state index >= 15 is 4.39 Å². The first-order valence-electron chi connectivity index (χ1n) is 17.8. The van der Waals surface area contributed by atoms with Crippen molar-refractivity contribution in [2.24, 2.45) is 5.92 Å². The molecule has 4 aliphatic heterocycles. The van der Waals surface area contributed by atoms with Crippen LogP contribution in [0.1, 0.15) is 50.5 Å². The summed E-state index contributed by atoms with van der Waals surface area (Å²) in [6, 6.07) is 8.03. The SMILES string of the molecule is C#Cc1c(F)ccc2cc(O)cc(-c3ccc4c(N5CC6CCC(C5)N6C(=O)C5CC(F)(F)C5)nc(OC[C@@]56CCCN5C[C@H](F)C6)nc4c3F)c12. The first-order chi connectivity index (χ1) is 24.9. The molecule has 270 valence electrons. The predicted octanol–water partition coefficient (Wildman–Crippen LogP) is 6.60. The van der Waals surface area contributed by atoms with Gasteiger partial charge >= 0.3 is 6.01 Å². The van der Waals surface area contributed by atoms with E-state index in [0.717, 1.165) is 19.4 Å². The first-order valence-corrected chi connectivity index (χ1v) is 17.8. The van der Waals surface area contributed by atoms with Crippen molar-refractivity contribution >= 4 is 33.4 Å². The van der Waals surface area contributed by atoms with Crippen molar-refractivity contribution in [1.82, 2.24) is 19.8 Å². The highest BCUT2D eigenvalue weighted by Crippen LogP contribution is 2.47. The summed E-state index contributed by atoms with van der Waals surface area (Å²) in [6.45, 7) is 1.90. The van der Waals surface area contributed by atoms with Crippen molar-refractivity contribution in [3.63, 3.8) is 0 Å². The summed E-state index contributed by atoms with van der Waals surface area (Å²) in [6.07, 6.45) is 7.22. The Kier molecular flexibility index (Phi) is 7.60. The molecule has 2 bridgehead atoms. The molecule has 3 aromatic carbocycles. The molecule has 2 unspecified atom stereocenters. The Bertz CT molecular complexity index is 2170. The standard InChI is InChI=1S/C39H36F5N5O3/c1-2-27-31(41)9-4-21-12-26(50)13-30(32(21)27)28-7-8-29-34(33(28)42)45-37(52-20-38-10-3-11-48(38)17-23(40)16-38)46-35(29)47-18-24-5-6-25(19-47)49(24)36(51)22-14-39(43,44)15-22/h1,4,7-9,12-13,22-25,50H,3,5-6,10-11,14-20H2/t23-,24?,25?,38+/m1/s1. The zero-order valence-corrected chi connectivity index (χ0v) is 28.2. The number of nitrogens with zero attached hydrogens (tertiary/aromatic N) is 5.